The molecule has 0 aliphatic carbocycles. The highest BCUT2D eigenvalue weighted by molar-refractivity contribution is 5.98. The smallest absolute Gasteiger partial charge is 0.306 e. The van der Waals surface area contributed by atoms with Crippen molar-refractivity contribution in [3.8, 4) is 0 Å². The average molecular weight is 263 g/mol. The first-order chi connectivity index (χ1) is 9.13. The van der Waals surface area contributed by atoms with Gasteiger partial charge in [0.05, 0.1) is 11.5 Å². The molecule has 19 heavy (non-hydrogen) atoms. The Morgan fingerprint density at radius 1 is 1.42 bits per heavy atom. The third-order valence-electron chi connectivity index (χ3n) is 3.40. The first-order valence-corrected chi connectivity index (χ1v) is 6.28. The fraction of sp³-hybridized carbons (Fsp3) is 0.462. The van der Waals surface area contributed by atoms with Crippen LogP contribution < -0.4 is 10.2 Å². The fourth-order valence-corrected chi connectivity index (χ4v) is 2.30. The molecule has 0 radical (unpaired) electrons. The Balaban J connectivity index is 2.15. The molecule has 102 valence electrons. The highest BCUT2D eigenvalue weighted by Gasteiger charge is 2.26. The molecule has 1 aromatic heterocycles. The molecule has 0 aromatic carbocycles. The zero-order valence-electron chi connectivity index (χ0n) is 10.8. The lowest BCUT2D eigenvalue weighted by Crippen LogP contribution is -2.38. The van der Waals surface area contributed by atoms with Crippen molar-refractivity contribution in [1.29, 1.82) is 0 Å². The second kappa shape index (κ2) is 5.69. The third kappa shape index (κ3) is 2.83. The van der Waals surface area contributed by atoms with E-state index in [4.69, 9.17) is 5.11 Å². The molecule has 1 fully saturated rings. The van der Waals surface area contributed by atoms with Crippen molar-refractivity contribution >= 4 is 17.7 Å². The van der Waals surface area contributed by atoms with E-state index >= 15 is 0 Å². The zero-order valence-corrected chi connectivity index (χ0v) is 10.8. The largest absolute Gasteiger partial charge is 0.481 e. The summed E-state index contributed by atoms with van der Waals surface area (Å²) < 4.78 is 0. The van der Waals surface area contributed by atoms with Crippen molar-refractivity contribution in [1.82, 2.24) is 10.3 Å². The van der Waals surface area contributed by atoms with Crippen LogP contribution >= 0.6 is 0 Å². The van der Waals surface area contributed by atoms with Crippen LogP contribution in [0.3, 0.4) is 0 Å². The van der Waals surface area contributed by atoms with Crippen LogP contribution in [0.2, 0.25) is 0 Å². The van der Waals surface area contributed by atoms with Crippen LogP contribution in [0.5, 0.6) is 0 Å². The van der Waals surface area contributed by atoms with Crippen molar-refractivity contribution in [3.63, 3.8) is 0 Å². The summed E-state index contributed by atoms with van der Waals surface area (Å²) in [4.78, 5) is 28.9. The minimum atomic E-state index is -0.743. The van der Waals surface area contributed by atoms with Gasteiger partial charge in [-0.2, -0.15) is 0 Å². The van der Waals surface area contributed by atoms with Gasteiger partial charge in [-0.05, 0) is 25.0 Å². The van der Waals surface area contributed by atoms with E-state index in [-0.39, 0.29) is 11.8 Å². The Morgan fingerprint density at radius 2 is 2.11 bits per heavy atom. The topological polar surface area (TPSA) is 82.5 Å². The summed E-state index contributed by atoms with van der Waals surface area (Å²) in [5.41, 5.74) is 0.527. The molecule has 6 nitrogen and oxygen atoms in total. The number of carbonyl (C=O) groups is 2. The van der Waals surface area contributed by atoms with Crippen molar-refractivity contribution in [2.45, 2.75) is 12.8 Å². The lowest BCUT2D eigenvalue weighted by molar-refractivity contribution is -0.142. The minimum absolute atomic E-state index is 0.177. The van der Waals surface area contributed by atoms with Gasteiger partial charge < -0.3 is 15.3 Å². The zero-order chi connectivity index (χ0) is 13.8. The predicted octanol–water partition coefficient (Wildman–Crippen LogP) is 0.742. The molecule has 1 aliphatic rings. The lowest BCUT2D eigenvalue weighted by Gasteiger charge is -2.31. The molecular formula is C13H17N3O3. The van der Waals surface area contributed by atoms with Gasteiger partial charge in [0, 0.05) is 26.3 Å². The molecule has 2 heterocycles. The van der Waals surface area contributed by atoms with Crippen LogP contribution in [-0.2, 0) is 4.79 Å². The quantitative estimate of drug-likeness (QED) is 0.840. The number of hydrogen-bond donors (Lipinski definition) is 2. The third-order valence-corrected chi connectivity index (χ3v) is 3.40. The van der Waals surface area contributed by atoms with Crippen LogP contribution in [0.4, 0.5) is 5.82 Å². The fourth-order valence-electron chi connectivity index (χ4n) is 2.30. The summed E-state index contributed by atoms with van der Waals surface area (Å²) in [6, 6.07) is 3.45. The number of carboxylic acids is 1. The molecule has 2 rings (SSSR count). The number of amides is 1. The first-order valence-electron chi connectivity index (χ1n) is 6.28. The van der Waals surface area contributed by atoms with Crippen molar-refractivity contribution in [2.75, 3.05) is 25.0 Å². The second-order valence-electron chi connectivity index (χ2n) is 4.55. The highest BCUT2D eigenvalue weighted by Crippen LogP contribution is 2.24. The molecule has 0 saturated carbocycles. The molecule has 2 N–H and O–H groups in total. The molecule has 1 amide bonds. The minimum Gasteiger partial charge on any atom is -0.481 e. The van der Waals surface area contributed by atoms with Gasteiger partial charge in [0.1, 0.15) is 5.82 Å². The van der Waals surface area contributed by atoms with Crippen LogP contribution in [0, 0.1) is 5.92 Å². The molecule has 0 atom stereocenters. The van der Waals surface area contributed by atoms with Gasteiger partial charge in [0.25, 0.3) is 5.91 Å². The van der Waals surface area contributed by atoms with E-state index < -0.39 is 5.97 Å². The molecular weight excluding hydrogens is 246 g/mol. The summed E-state index contributed by atoms with van der Waals surface area (Å²) in [5.74, 6) is -0.579. The van der Waals surface area contributed by atoms with E-state index in [1.807, 2.05) is 4.90 Å². The lowest BCUT2D eigenvalue weighted by atomic mass is 9.97. The van der Waals surface area contributed by atoms with E-state index in [0.29, 0.717) is 37.3 Å². The summed E-state index contributed by atoms with van der Waals surface area (Å²) in [6.07, 6.45) is 2.81. The summed E-state index contributed by atoms with van der Waals surface area (Å²) >= 11 is 0. The molecule has 1 aliphatic heterocycles. The SMILES string of the molecule is CNC(=O)c1cccnc1N1CCC(C(=O)O)CC1. The number of carbonyl (C=O) groups excluding carboxylic acids is 1. The maximum absolute atomic E-state index is 11.8. The monoisotopic (exact) mass is 263 g/mol. The number of nitrogens with zero attached hydrogens (tertiary/aromatic N) is 2. The van der Waals surface area contributed by atoms with E-state index in [2.05, 4.69) is 10.3 Å². The van der Waals surface area contributed by atoms with Gasteiger partial charge >= 0.3 is 5.97 Å². The van der Waals surface area contributed by atoms with Crippen LogP contribution in [0.15, 0.2) is 18.3 Å². The van der Waals surface area contributed by atoms with Gasteiger partial charge in [-0.1, -0.05) is 0 Å². The van der Waals surface area contributed by atoms with Crippen LogP contribution in [0.25, 0.3) is 0 Å². The Morgan fingerprint density at radius 3 is 2.68 bits per heavy atom. The number of aliphatic carboxylic acids is 1. The standard InChI is InChI=1S/C13H17N3O3/c1-14-12(17)10-3-2-6-15-11(10)16-7-4-9(5-8-16)13(18)19/h2-3,6,9H,4-5,7-8H2,1H3,(H,14,17)(H,18,19). The number of anilines is 1. The van der Waals surface area contributed by atoms with E-state index in [9.17, 15) is 9.59 Å². The average Bonchev–Trinajstić information content (AvgIpc) is 2.46. The van der Waals surface area contributed by atoms with Crippen molar-refractivity contribution in [2.24, 2.45) is 5.92 Å². The van der Waals surface area contributed by atoms with Crippen molar-refractivity contribution < 1.29 is 14.7 Å². The van der Waals surface area contributed by atoms with Crippen LogP contribution in [-0.4, -0.2) is 42.1 Å². The molecule has 0 unspecified atom stereocenters. The van der Waals surface area contributed by atoms with E-state index in [1.54, 1.807) is 25.4 Å². The number of aromatic nitrogens is 1. The number of pyridine rings is 1. The molecule has 0 spiro atoms. The molecule has 6 heteroatoms. The Kier molecular flexibility index (Phi) is 3.99. The number of hydrogen-bond acceptors (Lipinski definition) is 4. The summed E-state index contributed by atoms with van der Waals surface area (Å²) in [6.45, 7) is 1.22. The van der Waals surface area contributed by atoms with Gasteiger partial charge in [0.2, 0.25) is 0 Å². The number of piperidine rings is 1. The van der Waals surface area contributed by atoms with Gasteiger partial charge in [-0.25, -0.2) is 4.98 Å². The van der Waals surface area contributed by atoms with E-state index in [1.165, 1.54) is 0 Å². The number of rotatable bonds is 3. The maximum Gasteiger partial charge on any atom is 0.306 e. The first kappa shape index (κ1) is 13.3. The number of nitrogens with one attached hydrogen (secondary N) is 1. The predicted molar refractivity (Wildman–Crippen MR) is 70.2 cm³/mol. The summed E-state index contributed by atoms with van der Waals surface area (Å²) in [5, 5.41) is 11.6. The van der Waals surface area contributed by atoms with Gasteiger partial charge in [-0.15, -0.1) is 0 Å². The van der Waals surface area contributed by atoms with Gasteiger partial charge in [-0.3, -0.25) is 9.59 Å². The number of carboxylic acid groups (broad SMARTS) is 1. The van der Waals surface area contributed by atoms with Crippen LogP contribution in [0.1, 0.15) is 23.2 Å². The highest BCUT2D eigenvalue weighted by atomic mass is 16.4. The Labute approximate surface area is 111 Å². The second-order valence-corrected chi connectivity index (χ2v) is 4.55. The van der Waals surface area contributed by atoms with Gasteiger partial charge in [0.15, 0.2) is 0 Å². The maximum atomic E-state index is 11.8. The molecule has 1 saturated heterocycles. The normalized spacial score (nSPS) is 16.2. The Bertz CT molecular complexity index is 482. The van der Waals surface area contributed by atoms with Crippen molar-refractivity contribution in [3.05, 3.63) is 23.9 Å². The molecule has 0 bridgehead atoms. The summed E-state index contributed by atoms with van der Waals surface area (Å²) in [7, 11) is 1.58. The Hall–Kier alpha value is -2.11. The van der Waals surface area contributed by atoms with E-state index in [0.717, 1.165) is 0 Å². The molecule has 1 aromatic rings.